The lowest BCUT2D eigenvalue weighted by molar-refractivity contribution is -0.132. The highest BCUT2D eigenvalue weighted by molar-refractivity contribution is 6.02. The van der Waals surface area contributed by atoms with Gasteiger partial charge in [-0.3, -0.25) is 4.79 Å². The molecule has 0 amide bonds. The molecular formula is C13H14O3. The quantitative estimate of drug-likeness (QED) is 0.734. The molecule has 0 saturated carbocycles. The molecule has 0 aromatic carbocycles. The van der Waals surface area contributed by atoms with Crippen LogP contribution in [0.3, 0.4) is 0 Å². The summed E-state index contributed by atoms with van der Waals surface area (Å²) in [6.45, 7) is 3.88. The van der Waals surface area contributed by atoms with E-state index >= 15 is 0 Å². The molecule has 0 radical (unpaired) electrons. The van der Waals surface area contributed by atoms with E-state index in [0.717, 1.165) is 5.57 Å². The molecule has 2 aliphatic carbocycles. The topological polar surface area (TPSA) is 54.4 Å². The monoisotopic (exact) mass is 218 g/mol. The molecular weight excluding hydrogens is 204 g/mol. The van der Waals surface area contributed by atoms with Crippen LogP contribution in [0.1, 0.15) is 26.7 Å². The van der Waals surface area contributed by atoms with E-state index in [9.17, 15) is 9.59 Å². The van der Waals surface area contributed by atoms with Crippen molar-refractivity contribution in [2.75, 3.05) is 0 Å². The van der Waals surface area contributed by atoms with Gasteiger partial charge in [-0.25, -0.2) is 4.79 Å². The zero-order chi connectivity index (χ0) is 11.9. The van der Waals surface area contributed by atoms with Gasteiger partial charge in [-0.05, 0) is 5.57 Å². The second kappa shape index (κ2) is 3.44. The molecule has 1 N–H and O–H groups in total. The van der Waals surface area contributed by atoms with Crippen molar-refractivity contribution >= 4 is 11.8 Å². The van der Waals surface area contributed by atoms with Crippen LogP contribution in [0.2, 0.25) is 0 Å². The first kappa shape index (κ1) is 10.9. The third-order valence-corrected chi connectivity index (χ3v) is 3.12. The van der Waals surface area contributed by atoms with Gasteiger partial charge >= 0.3 is 5.97 Å². The van der Waals surface area contributed by atoms with Crippen molar-refractivity contribution in [3.05, 3.63) is 34.9 Å². The lowest BCUT2D eigenvalue weighted by Gasteiger charge is -2.32. The number of allylic oxidation sites excluding steroid dienone is 5. The van der Waals surface area contributed by atoms with E-state index in [1.807, 2.05) is 26.0 Å². The highest BCUT2D eigenvalue weighted by Crippen LogP contribution is 2.41. The molecule has 0 fully saturated rings. The molecule has 0 unspecified atom stereocenters. The second-order valence-corrected chi connectivity index (χ2v) is 4.80. The molecule has 2 aliphatic rings. The fourth-order valence-electron chi connectivity index (χ4n) is 2.35. The predicted octanol–water partition coefficient (Wildman–Crippen LogP) is 2.25. The van der Waals surface area contributed by atoms with E-state index < -0.39 is 5.97 Å². The zero-order valence-corrected chi connectivity index (χ0v) is 9.41. The standard InChI is InChI=1S/C13H14O3/c1-13(2)7-8(12(15)16)6-9-10(13)4-3-5-11(9)14/h3-4,7H,5-6H2,1-2H3,(H,15,16). The largest absolute Gasteiger partial charge is 0.478 e. The van der Waals surface area contributed by atoms with E-state index in [2.05, 4.69) is 0 Å². The van der Waals surface area contributed by atoms with Crippen LogP contribution in [0.4, 0.5) is 0 Å². The van der Waals surface area contributed by atoms with E-state index in [1.54, 1.807) is 6.08 Å². The van der Waals surface area contributed by atoms with Gasteiger partial charge in [0, 0.05) is 29.4 Å². The van der Waals surface area contributed by atoms with Crippen LogP contribution in [-0.4, -0.2) is 16.9 Å². The molecule has 0 aromatic heterocycles. The van der Waals surface area contributed by atoms with Gasteiger partial charge in [0.2, 0.25) is 0 Å². The van der Waals surface area contributed by atoms with E-state index in [1.165, 1.54) is 0 Å². The van der Waals surface area contributed by atoms with Crippen molar-refractivity contribution in [2.24, 2.45) is 5.41 Å². The van der Waals surface area contributed by atoms with E-state index in [4.69, 9.17) is 5.11 Å². The molecule has 0 atom stereocenters. The summed E-state index contributed by atoms with van der Waals surface area (Å²) in [4.78, 5) is 22.8. The number of Topliss-reactive ketones (excluding diaryl/α,β-unsaturated/α-hetero) is 1. The Bertz CT molecular complexity index is 462. The van der Waals surface area contributed by atoms with Crippen LogP contribution >= 0.6 is 0 Å². The van der Waals surface area contributed by atoms with Crippen LogP contribution < -0.4 is 0 Å². The summed E-state index contributed by atoms with van der Waals surface area (Å²) in [6, 6.07) is 0. The third-order valence-electron chi connectivity index (χ3n) is 3.12. The highest BCUT2D eigenvalue weighted by Gasteiger charge is 2.33. The minimum atomic E-state index is -0.929. The smallest absolute Gasteiger partial charge is 0.331 e. The first-order valence-electron chi connectivity index (χ1n) is 5.30. The van der Waals surface area contributed by atoms with Crippen LogP contribution in [0.5, 0.6) is 0 Å². The number of carboxylic acid groups (broad SMARTS) is 1. The first-order chi connectivity index (χ1) is 7.42. The lowest BCUT2D eigenvalue weighted by Crippen LogP contribution is -2.25. The first-order valence-corrected chi connectivity index (χ1v) is 5.30. The molecule has 3 nitrogen and oxygen atoms in total. The number of ketones is 1. The molecule has 0 bridgehead atoms. The Morgan fingerprint density at radius 1 is 1.44 bits per heavy atom. The maximum absolute atomic E-state index is 11.8. The Kier molecular flexibility index (Phi) is 2.34. The normalized spacial score (nSPS) is 22.9. The van der Waals surface area contributed by atoms with Gasteiger partial charge in [-0.1, -0.05) is 32.1 Å². The van der Waals surface area contributed by atoms with Crippen LogP contribution in [-0.2, 0) is 9.59 Å². The fourth-order valence-corrected chi connectivity index (χ4v) is 2.35. The second-order valence-electron chi connectivity index (χ2n) is 4.80. The molecule has 2 rings (SSSR count). The SMILES string of the molecule is CC1(C)C=C(C(=O)O)CC2=C1C=CCC2=O. The Labute approximate surface area is 94.2 Å². The Morgan fingerprint density at radius 3 is 2.75 bits per heavy atom. The number of carboxylic acids is 1. The minimum absolute atomic E-state index is 0.0532. The highest BCUT2D eigenvalue weighted by atomic mass is 16.4. The Hall–Kier alpha value is -1.64. The van der Waals surface area contributed by atoms with E-state index in [-0.39, 0.29) is 17.6 Å². The van der Waals surface area contributed by atoms with Gasteiger partial charge in [0.15, 0.2) is 5.78 Å². The van der Waals surface area contributed by atoms with Crippen molar-refractivity contribution in [2.45, 2.75) is 26.7 Å². The summed E-state index contributed by atoms with van der Waals surface area (Å²) in [6.07, 6.45) is 6.20. The molecule has 16 heavy (non-hydrogen) atoms. The molecule has 0 aliphatic heterocycles. The van der Waals surface area contributed by atoms with Gasteiger partial charge in [-0.2, -0.15) is 0 Å². The summed E-state index contributed by atoms with van der Waals surface area (Å²) < 4.78 is 0. The summed E-state index contributed by atoms with van der Waals surface area (Å²) in [5.41, 5.74) is 1.60. The zero-order valence-electron chi connectivity index (χ0n) is 9.41. The number of carbonyl (C=O) groups is 2. The Balaban J connectivity index is 2.50. The maximum Gasteiger partial charge on any atom is 0.331 e. The number of carbonyl (C=O) groups excluding carboxylic acids is 1. The van der Waals surface area contributed by atoms with E-state index in [0.29, 0.717) is 17.6 Å². The van der Waals surface area contributed by atoms with Gasteiger partial charge in [0.1, 0.15) is 0 Å². The summed E-state index contributed by atoms with van der Waals surface area (Å²) in [7, 11) is 0. The molecule has 3 heteroatoms. The van der Waals surface area contributed by atoms with Crippen LogP contribution in [0.15, 0.2) is 34.9 Å². The van der Waals surface area contributed by atoms with Gasteiger partial charge < -0.3 is 5.11 Å². The van der Waals surface area contributed by atoms with Gasteiger partial charge in [-0.15, -0.1) is 0 Å². The predicted molar refractivity (Wildman–Crippen MR) is 59.9 cm³/mol. The average Bonchev–Trinajstić information content (AvgIpc) is 2.18. The number of rotatable bonds is 1. The number of hydrogen-bond donors (Lipinski definition) is 1. The average molecular weight is 218 g/mol. The van der Waals surface area contributed by atoms with Crippen LogP contribution in [0.25, 0.3) is 0 Å². The maximum atomic E-state index is 11.8. The van der Waals surface area contributed by atoms with Crippen molar-refractivity contribution in [3.8, 4) is 0 Å². The van der Waals surface area contributed by atoms with Crippen molar-refractivity contribution in [1.82, 2.24) is 0 Å². The molecule has 84 valence electrons. The summed E-state index contributed by atoms with van der Waals surface area (Å²) in [5, 5.41) is 9.03. The fraction of sp³-hybridized carbons (Fsp3) is 0.385. The minimum Gasteiger partial charge on any atom is -0.478 e. The Morgan fingerprint density at radius 2 is 2.12 bits per heavy atom. The number of aliphatic carboxylic acids is 1. The summed E-state index contributed by atoms with van der Waals surface area (Å²) in [5.74, 6) is -0.876. The third kappa shape index (κ3) is 1.62. The lowest BCUT2D eigenvalue weighted by atomic mass is 9.71. The molecule has 0 spiro atoms. The van der Waals surface area contributed by atoms with Crippen molar-refractivity contribution in [3.63, 3.8) is 0 Å². The molecule has 0 saturated heterocycles. The van der Waals surface area contributed by atoms with Gasteiger partial charge in [0.05, 0.1) is 0 Å². The van der Waals surface area contributed by atoms with Gasteiger partial charge in [0.25, 0.3) is 0 Å². The van der Waals surface area contributed by atoms with Crippen molar-refractivity contribution < 1.29 is 14.7 Å². The summed E-state index contributed by atoms with van der Waals surface area (Å²) >= 11 is 0. The molecule has 0 heterocycles. The number of hydrogen-bond acceptors (Lipinski definition) is 2. The van der Waals surface area contributed by atoms with Crippen LogP contribution in [0, 0.1) is 5.41 Å². The molecule has 0 aromatic rings. The van der Waals surface area contributed by atoms with Crippen molar-refractivity contribution in [1.29, 1.82) is 0 Å².